The summed E-state index contributed by atoms with van der Waals surface area (Å²) in [6, 6.07) is 0. The zero-order valence-electron chi connectivity index (χ0n) is 6.09. The van der Waals surface area contributed by atoms with E-state index in [1.54, 1.807) is 0 Å². The minimum absolute atomic E-state index is 0.438. The third-order valence-corrected chi connectivity index (χ3v) is 1.85. The van der Waals surface area contributed by atoms with Gasteiger partial charge in [-0.25, -0.2) is 4.58 Å². The molecule has 0 spiro atoms. The van der Waals surface area contributed by atoms with E-state index in [9.17, 15) is 5.11 Å². The lowest BCUT2D eigenvalue weighted by Gasteiger charge is -2.22. The van der Waals surface area contributed by atoms with Crippen LogP contribution in [0.2, 0.25) is 0 Å². The van der Waals surface area contributed by atoms with Crippen LogP contribution in [0.3, 0.4) is 0 Å². The second-order valence-electron chi connectivity index (χ2n) is 3.11. The molecule has 0 radical (unpaired) electrons. The molecule has 0 aromatic carbocycles. The summed E-state index contributed by atoms with van der Waals surface area (Å²) >= 11 is 0. The first-order valence-corrected chi connectivity index (χ1v) is 3.36. The van der Waals surface area contributed by atoms with Crippen LogP contribution in [0.4, 0.5) is 0 Å². The number of aliphatic hydroxyl groups is 1. The van der Waals surface area contributed by atoms with E-state index in [2.05, 4.69) is 4.58 Å². The van der Waals surface area contributed by atoms with Gasteiger partial charge in [0.2, 0.25) is 0 Å². The molecule has 1 atom stereocenters. The Bertz CT molecular complexity index is 138. The van der Waals surface area contributed by atoms with Gasteiger partial charge >= 0.3 is 0 Å². The van der Waals surface area contributed by atoms with E-state index in [1.807, 2.05) is 20.2 Å². The van der Waals surface area contributed by atoms with Crippen molar-refractivity contribution < 1.29 is 9.68 Å². The van der Waals surface area contributed by atoms with Crippen LogP contribution < -0.4 is 0 Å². The van der Waals surface area contributed by atoms with Crippen molar-refractivity contribution in [1.82, 2.24) is 0 Å². The molecule has 52 valence electrons. The molecule has 0 aliphatic carbocycles. The largest absolute Gasteiger partial charge is 0.389 e. The fourth-order valence-corrected chi connectivity index (χ4v) is 0.963. The number of nitrogens with zero attached hydrogens (tertiary/aromatic N) is 1. The van der Waals surface area contributed by atoms with Gasteiger partial charge in [-0.1, -0.05) is 0 Å². The van der Waals surface area contributed by atoms with Crippen molar-refractivity contribution in [3.63, 3.8) is 0 Å². The molecule has 0 bridgehead atoms. The summed E-state index contributed by atoms with van der Waals surface area (Å²) in [7, 11) is 2.04. The topological polar surface area (TPSA) is 23.2 Å². The zero-order valence-corrected chi connectivity index (χ0v) is 6.09. The molecule has 1 heterocycles. The Kier molecular flexibility index (Phi) is 1.58. The van der Waals surface area contributed by atoms with E-state index in [-0.39, 0.29) is 0 Å². The van der Waals surface area contributed by atoms with Gasteiger partial charge in [0.1, 0.15) is 19.8 Å². The smallest absolute Gasteiger partial charge is 0.145 e. The highest BCUT2D eigenvalue weighted by molar-refractivity contribution is 5.53. The highest BCUT2D eigenvalue weighted by Gasteiger charge is 2.25. The van der Waals surface area contributed by atoms with Crippen LogP contribution in [-0.4, -0.2) is 35.1 Å². The van der Waals surface area contributed by atoms with E-state index in [1.165, 1.54) is 0 Å². The maximum Gasteiger partial charge on any atom is 0.145 e. The van der Waals surface area contributed by atoms with Crippen LogP contribution in [0.25, 0.3) is 0 Å². The zero-order chi connectivity index (χ0) is 6.91. The summed E-state index contributed by atoms with van der Waals surface area (Å²) in [5.74, 6) is 0. The number of rotatable bonds is 0. The summed E-state index contributed by atoms with van der Waals surface area (Å²) in [6.45, 7) is 2.86. The molecule has 1 aliphatic rings. The summed E-state index contributed by atoms with van der Waals surface area (Å²) in [5, 5.41) is 9.43. The Morgan fingerprint density at radius 1 is 1.67 bits per heavy atom. The Hall–Kier alpha value is -0.370. The van der Waals surface area contributed by atoms with E-state index >= 15 is 0 Å². The molecule has 1 aliphatic heterocycles. The highest BCUT2D eigenvalue weighted by Crippen LogP contribution is 2.15. The maximum atomic E-state index is 9.43. The van der Waals surface area contributed by atoms with Gasteiger partial charge in [-0.15, -0.1) is 0 Å². The van der Waals surface area contributed by atoms with Crippen molar-refractivity contribution in [1.29, 1.82) is 0 Å². The second kappa shape index (κ2) is 2.10. The van der Waals surface area contributed by atoms with E-state index < -0.39 is 5.60 Å². The quantitative estimate of drug-likeness (QED) is 0.464. The van der Waals surface area contributed by atoms with Gasteiger partial charge in [0.15, 0.2) is 0 Å². The minimum Gasteiger partial charge on any atom is -0.389 e. The Morgan fingerprint density at radius 3 is 2.67 bits per heavy atom. The first-order valence-electron chi connectivity index (χ1n) is 3.36. The summed E-state index contributed by atoms with van der Waals surface area (Å²) in [6.07, 6.45) is 3.73. The van der Waals surface area contributed by atoms with Crippen LogP contribution >= 0.6 is 0 Å². The average Bonchev–Trinajstić information content (AvgIpc) is 1.78. The molecular weight excluding hydrogens is 114 g/mol. The van der Waals surface area contributed by atoms with Gasteiger partial charge in [-0.3, -0.25) is 0 Å². The summed E-state index contributed by atoms with van der Waals surface area (Å²) in [5.41, 5.74) is -0.438. The molecule has 1 N–H and O–H groups in total. The van der Waals surface area contributed by atoms with Gasteiger partial charge in [-0.2, -0.15) is 0 Å². The normalized spacial score (nSPS) is 36.1. The molecule has 1 rings (SSSR count). The lowest BCUT2D eigenvalue weighted by Crippen LogP contribution is -2.34. The van der Waals surface area contributed by atoms with Crippen molar-refractivity contribution in [2.75, 3.05) is 13.6 Å². The second-order valence-corrected chi connectivity index (χ2v) is 3.11. The lowest BCUT2D eigenvalue weighted by molar-refractivity contribution is -0.503. The number of hydrogen-bond donors (Lipinski definition) is 1. The molecule has 0 saturated heterocycles. The van der Waals surface area contributed by atoms with Gasteiger partial charge in [0, 0.05) is 6.42 Å². The summed E-state index contributed by atoms with van der Waals surface area (Å²) in [4.78, 5) is 0. The predicted octanol–water partition coefficient (Wildman–Crippen LogP) is 0.244. The molecule has 2 nitrogen and oxygen atoms in total. The minimum atomic E-state index is -0.438. The molecule has 0 amide bonds. The Labute approximate surface area is 55.8 Å². The lowest BCUT2D eigenvalue weighted by atomic mass is 9.96. The van der Waals surface area contributed by atoms with Crippen molar-refractivity contribution >= 4 is 6.21 Å². The van der Waals surface area contributed by atoms with E-state index in [4.69, 9.17) is 0 Å². The SMILES string of the molecule is C[N+]1=CCC(C)(O)CC1. The average molecular weight is 128 g/mol. The fourth-order valence-electron chi connectivity index (χ4n) is 0.963. The molecule has 0 saturated carbocycles. The third kappa shape index (κ3) is 1.79. The highest BCUT2D eigenvalue weighted by atomic mass is 16.3. The van der Waals surface area contributed by atoms with Gasteiger partial charge in [0.25, 0.3) is 0 Å². The van der Waals surface area contributed by atoms with Gasteiger partial charge in [-0.05, 0) is 6.92 Å². The first-order chi connectivity index (χ1) is 4.10. The Balaban J connectivity index is 2.56. The van der Waals surface area contributed by atoms with Crippen molar-refractivity contribution in [2.24, 2.45) is 0 Å². The van der Waals surface area contributed by atoms with Crippen molar-refractivity contribution in [2.45, 2.75) is 25.4 Å². The maximum absolute atomic E-state index is 9.43. The van der Waals surface area contributed by atoms with Crippen molar-refractivity contribution in [3.05, 3.63) is 0 Å². The van der Waals surface area contributed by atoms with E-state index in [0.717, 1.165) is 19.4 Å². The molecule has 0 aromatic heterocycles. The molecule has 2 heteroatoms. The van der Waals surface area contributed by atoms with Crippen LogP contribution in [-0.2, 0) is 0 Å². The molecule has 0 fully saturated rings. The van der Waals surface area contributed by atoms with Crippen LogP contribution in [0.1, 0.15) is 19.8 Å². The molecular formula is C7H14NO+. The standard InChI is InChI=1S/C7H14NO/c1-7(9)3-5-8(2)6-4-7/h5,9H,3-4,6H2,1-2H3/q+1. The first kappa shape index (κ1) is 6.75. The third-order valence-electron chi connectivity index (χ3n) is 1.85. The monoisotopic (exact) mass is 128 g/mol. The Morgan fingerprint density at radius 2 is 2.33 bits per heavy atom. The predicted molar refractivity (Wildman–Crippen MR) is 37.0 cm³/mol. The molecule has 1 unspecified atom stereocenters. The van der Waals surface area contributed by atoms with Gasteiger partial charge in [0.05, 0.1) is 12.0 Å². The molecule has 0 aromatic rings. The van der Waals surface area contributed by atoms with Crippen LogP contribution in [0.5, 0.6) is 0 Å². The summed E-state index contributed by atoms with van der Waals surface area (Å²) < 4.78 is 2.12. The van der Waals surface area contributed by atoms with E-state index in [0.29, 0.717) is 0 Å². The van der Waals surface area contributed by atoms with Gasteiger partial charge < -0.3 is 5.11 Å². The molecule has 9 heavy (non-hydrogen) atoms. The van der Waals surface area contributed by atoms with Crippen molar-refractivity contribution in [3.8, 4) is 0 Å². The number of hydrogen-bond acceptors (Lipinski definition) is 1. The van der Waals surface area contributed by atoms with Crippen LogP contribution in [0.15, 0.2) is 0 Å². The van der Waals surface area contributed by atoms with Crippen LogP contribution in [0, 0.1) is 0 Å². The fraction of sp³-hybridized carbons (Fsp3) is 0.857.